The molecule has 0 aromatic carbocycles. The van der Waals surface area contributed by atoms with E-state index in [0.717, 1.165) is 70.6 Å². The van der Waals surface area contributed by atoms with Crippen LogP contribution in [0.15, 0.2) is 12.2 Å². The van der Waals surface area contributed by atoms with Crippen molar-refractivity contribution in [3.63, 3.8) is 0 Å². The van der Waals surface area contributed by atoms with E-state index in [0.29, 0.717) is 19.3 Å². The standard InChI is InChI=1S/C43H80O6/c1-4-7-10-13-15-17-19-20-21-22-24-26-28-31-33-36-42(45)48-39-40(49-43(46)37-34-29-12-9-6-3)38-47-41(44)35-32-30-27-25-23-18-16-14-11-8-5-2/h20-21,40H,4-19,22-39H2,1-3H3/t40-/m1/s1. The zero-order chi connectivity index (χ0) is 35.9. The normalized spacial score (nSPS) is 12.0. The molecule has 0 aliphatic heterocycles. The van der Waals surface area contributed by atoms with Crippen LogP contribution in [0.3, 0.4) is 0 Å². The number of ether oxygens (including phenoxy) is 3. The SMILES string of the molecule is CCCCCCCCC=CCCCCCCCC(=O)OC[C@@H](COC(=O)CCCCCCCCCCCCC)OC(=O)CCCCCCC. The molecule has 0 saturated carbocycles. The van der Waals surface area contributed by atoms with Crippen molar-refractivity contribution < 1.29 is 28.6 Å². The maximum Gasteiger partial charge on any atom is 0.306 e. The van der Waals surface area contributed by atoms with Crippen LogP contribution in [-0.2, 0) is 28.6 Å². The lowest BCUT2D eigenvalue weighted by molar-refractivity contribution is -0.167. The van der Waals surface area contributed by atoms with E-state index in [2.05, 4.69) is 32.9 Å². The largest absolute Gasteiger partial charge is 0.462 e. The molecular formula is C43H80O6. The number of rotatable bonds is 38. The first-order valence-electron chi connectivity index (χ1n) is 21.2. The first-order valence-corrected chi connectivity index (χ1v) is 21.2. The molecule has 0 N–H and O–H groups in total. The summed E-state index contributed by atoms with van der Waals surface area (Å²) in [7, 11) is 0. The van der Waals surface area contributed by atoms with Crippen LogP contribution < -0.4 is 0 Å². The van der Waals surface area contributed by atoms with E-state index < -0.39 is 6.10 Å². The molecule has 288 valence electrons. The summed E-state index contributed by atoms with van der Waals surface area (Å²) < 4.78 is 16.5. The molecule has 0 aromatic rings. The Labute approximate surface area is 303 Å². The van der Waals surface area contributed by atoms with Gasteiger partial charge in [0, 0.05) is 19.3 Å². The number of unbranched alkanes of at least 4 members (excludes halogenated alkanes) is 25. The molecule has 6 heteroatoms. The highest BCUT2D eigenvalue weighted by Crippen LogP contribution is 2.14. The van der Waals surface area contributed by atoms with Crippen LogP contribution in [0, 0.1) is 0 Å². The van der Waals surface area contributed by atoms with Crippen LogP contribution >= 0.6 is 0 Å². The lowest BCUT2D eigenvalue weighted by Gasteiger charge is -2.18. The van der Waals surface area contributed by atoms with Gasteiger partial charge in [-0.1, -0.05) is 174 Å². The molecule has 0 aromatic heterocycles. The molecule has 0 bridgehead atoms. The Balaban J connectivity index is 4.19. The zero-order valence-corrected chi connectivity index (χ0v) is 32.7. The summed E-state index contributed by atoms with van der Waals surface area (Å²) in [5.74, 6) is -0.891. The Bertz CT molecular complexity index is 763. The van der Waals surface area contributed by atoms with Gasteiger partial charge in [-0.05, 0) is 44.9 Å². The van der Waals surface area contributed by atoms with Crippen molar-refractivity contribution in [2.75, 3.05) is 13.2 Å². The van der Waals surface area contributed by atoms with Gasteiger partial charge < -0.3 is 14.2 Å². The zero-order valence-electron chi connectivity index (χ0n) is 32.7. The van der Waals surface area contributed by atoms with Gasteiger partial charge in [-0.2, -0.15) is 0 Å². The van der Waals surface area contributed by atoms with Crippen LogP contribution in [0.4, 0.5) is 0 Å². The fourth-order valence-electron chi connectivity index (χ4n) is 6.02. The van der Waals surface area contributed by atoms with E-state index in [4.69, 9.17) is 14.2 Å². The van der Waals surface area contributed by atoms with Gasteiger partial charge in [0.1, 0.15) is 13.2 Å². The molecule has 0 spiro atoms. The van der Waals surface area contributed by atoms with Crippen molar-refractivity contribution in [2.24, 2.45) is 0 Å². The second-order valence-electron chi connectivity index (χ2n) is 14.3. The summed E-state index contributed by atoms with van der Waals surface area (Å²) in [6.45, 7) is 6.53. The topological polar surface area (TPSA) is 78.9 Å². The van der Waals surface area contributed by atoms with E-state index in [1.165, 1.54) is 116 Å². The Hall–Kier alpha value is -1.85. The minimum atomic E-state index is -0.762. The van der Waals surface area contributed by atoms with Crippen LogP contribution in [0.25, 0.3) is 0 Å². The number of allylic oxidation sites excluding steroid dienone is 2. The van der Waals surface area contributed by atoms with Gasteiger partial charge >= 0.3 is 17.9 Å². The highest BCUT2D eigenvalue weighted by Gasteiger charge is 2.19. The molecule has 0 saturated heterocycles. The van der Waals surface area contributed by atoms with Crippen molar-refractivity contribution in [3.05, 3.63) is 12.2 Å². The maximum atomic E-state index is 12.5. The van der Waals surface area contributed by atoms with Crippen LogP contribution in [0.1, 0.15) is 226 Å². The predicted molar refractivity (Wildman–Crippen MR) is 206 cm³/mol. The molecule has 0 aliphatic carbocycles. The van der Waals surface area contributed by atoms with Gasteiger partial charge in [-0.3, -0.25) is 14.4 Å². The Morgan fingerprint density at radius 1 is 0.388 bits per heavy atom. The number of hydrogen-bond donors (Lipinski definition) is 0. The van der Waals surface area contributed by atoms with E-state index in [-0.39, 0.29) is 31.1 Å². The third-order valence-corrected chi connectivity index (χ3v) is 9.27. The first-order chi connectivity index (χ1) is 24.0. The van der Waals surface area contributed by atoms with Crippen LogP contribution in [0.2, 0.25) is 0 Å². The molecular weight excluding hydrogens is 612 g/mol. The van der Waals surface area contributed by atoms with Crippen molar-refractivity contribution in [3.8, 4) is 0 Å². The Morgan fingerprint density at radius 3 is 1.02 bits per heavy atom. The molecule has 0 heterocycles. The highest BCUT2D eigenvalue weighted by molar-refractivity contribution is 5.71. The molecule has 0 radical (unpaired) electrons. The van der Waals surface area contributed by atoms with Crippen molar-refractivity contribution >= 4 is 17.9 Å². The van der Waals surface area contributed by atoms with Crippen molar-refractivity contribution in [2.45, 2.75) is 232 Å². The molecule has 0 fully saturated rings. The van der Waals surface area contributed by atoms with Gasteiger partial charge in [-0.25, -0.2) is 0 Å². The lowest BCUT2D eigenvalue weighted by Crippen LogP contribution is -2.30. The summed E-state index contributed by atoms with van der Waals surface area (Å²) in [4.78, 5) is 37.3. The van der Waals surface area contributed by atoms with E-state index in [1.54, 1.807) is 0 Å². The monoisotopic (exact) mass is 693 g/mol. The number of carbonyl (C=O) groups excluding carboxylic acids is 3. The van der Waals surface area contributed by atoms with Gasteiger partial charge in [-0.15, -0.1) is 0 Å². The molecule has 0 rings (SSSR count). The smallest absolute Gasteiger partial charge is 0.306 e. The minimum Gasteiger partial charge on any atom is -0.462 e. The number of esters is 3. The summed E-state index contributed by atoms with van der Waals surface area (Å²) in [6, 6.07) is 0. The molecule has 6 nitrogen and oxygen atoms in total. The lowest BCUT2D eigenvalue weighted by atomic mass is 10.1. The summed E-state index contributed by atoms with van der Waals surface area (Å²) in [5.41, 5.74) is 0. The van der Waals surface area contributed by atoms with E-state index in [1.807, 2.05) is 0 Å². The summed E-state index contributed by atoms with van der Waals surface area (Å²) in [6.07, 6.45) is 39.4. The Morgan fingerprint density at radius 2 is 0.673 bits per heavy atom. The van der Waals surface area contributed by atoms with E-state index >= 15 is 0 Å². The average molecular weight is 693 g/mol. The maximum absolute atomic E-state index is 12.5. The average Bonchev–Trinajstić information content (AvgIpc) is 3.09. The second-order valence-corrected chi connectivity index (χ2v) is 14.3. The third-order valence-electron chi connectivity index (χ3n) is 9.27. The second kappa shape index (κ2) is 38.9. The summed E-state index contributed by atoms with van der Waals surface area (Å²) >= 11 is 0. The van der Waals surface area contributed by atoms with Gasteiger partial charge in [0.05, 0.1) is 0 Å². The van der Waals surface area contributed by atoms with Gasteiger partial charge in [0.15, 0.2) is 6.10 Å². The van der Waals surface area contributed by atoms with E-state index in [9.17, 15) is 14.4 Å². The molecule has 49 heavy (non-hydrogen) atoms. The van der Waals surface area contributed by atoms with Crippen LogP contribution in [0.5, 0.6) is 0 Å². The van der Waals surface area contributed by atoms with Crippen LogP contribution in [-0.4, -0.2) is 37.2 Å². The first kappa shape index (κ1) is 47.1. The highest BCUT2D eigenvalue weighted by atomic mass is 16.6. The molecule has 0 amide bonds. The summed E-state index contributed by atoms with van der Waals surface area (Å²) in [5, 5.41) is 0. The fourth-order valence-corrected chi connectivity index (χ4v) is 6.02. The number of carbonyl (C=O) groups is 3. The van der Waals surface area contributed by atoms with Gasteiger partial charge in [0.2, 0.25) is 0 Å². The van der Waals surface area contributed by atoms with Crippen molar-refractivity contribution in [1.29, 1.82) is 0 Å². The molecule has 0 unspecified atom stereocenters. The Kier molecular flexibility index (Phi) is 37.5. The molecule has 1 atom stereocenters. The van der Waals surface area contributed by atoms with Crippen molar-refractivity contribution in [1.82, 2.24) is 0 Å². The quantitative estimate of drug-likeness (QED) is 0.0277. The van der Waals surface area contributed by atoms with Gasteiger partial charge in [0.25, 0.3) is 0 Å². The minimum absolute atomic E-state index is 0.0703. The number of hydrogen-bond acceptors (Lipinski definition) is 6. The third kappa shape index (κ3) is 37.2. The predicted octanol–water partition coefficient (Wildman–Crippen LogP) is 13.1. The fraction of sp³-hybridized carbons (Fsp3) is 0.884. The molecule has 0 aliphatic rings.